The third kappa shape index (κ3) is 12.3. The monoisotopic (exact) mass is 717 g/mol. The molecule has 2 aromatic rings. The zero-order valence-electron chi connectivity index (χ0n) is 30.2. The number of carbonyl (C=O) groups excluding carboxylic acids is 4. The summed E-state index contributed by atoms with van der Waals surface area (Å²) in [5.74, 6) is -1.64. The van der Waals surface area contributed by atoms with Gasteiger partial charge in [0.1, 0.15) is 19.3 Å². The number of benzene rings is 2. The standard InChI is InChI=1S/C41H55N3O8/c1-3-5-20-37(44-41(49)52-28-36-34-18-11-9-16-32(34)33-17-10-12-19-35(33)36)40(48)51-27-31(25-29-14-7-6-8-15-29)43-39(47)30(13-4-2)26-38(46)42-21-23-50-24-22-45/h3-4,9-12,16-19,29-31,36-37,45H,1-2,5-8,13-15,20-28H2,(H,42,46)(H,43,47)(H,44,49)/t30-,31+,37+/m1/s1. The van der Waals surface area contributed by atoms with Crippen LogP contribution in [0.5, 0.6) is 0 Å². The highest BCUT2D eigenvalue weighted by Gasteiger charge is 2.31. The Hall–Kier alpha value is -4.48. The second-order valence-corrected chi connectivity index (χ2v) is 13.6. The average Bonchev–Trinajstić information content (AvgIpc) is 3.48. The van der Waals surface area contributed by atoms with Gasteiger partial charge in [-0.15, -0.1) is 13.2 Å². The molecule has 2 aliphatic carbocycles. The molecule has 11 heteroatoms. The van der Waals surface area contributed by atoms with E-state index in [2.05, 4.69) is 41.2 Å². The third-order valence-electron chi connectivity index (χ3n) is 9.75. The molecule has 0 aliphatic heterocycles. The molecule has 4 rings (SSSR count). The molecule has 0 aromatic heterocycles. The molecule has 1 fully saturated rings. The molecular weight excluding hydrogens is 662 g/mol. The van der Waals surface area contributed by atoms with Crippen LogP contribution in [0, 0.1) is 11.8 Å². The predicted molar refractivity (Wildman–Crippen MR) is 199 cm³/mol. The highest BCUT2D eigenvalue weighted by molar-refractivity contribution is 5.86. The summed E-state index contributed by atoms with van der Waals surface area (Å²) >= 11 is 0. The molecule has 0 heterocycles. The lowest BCUT2D eigenvalue weighted by Gasteiger charge is -2.28. The minimum Gasteiger partial charge on any atom is -0.462 e. The molecule has 11 nitrogen and oxygen atoms in total. The number of rotatable bonds is 22. The Morgan fingerprint density at radius 2 is 1.58 bits per heavy atom. The van der Waals surface area contributed by atoms with Crippen LogP contribution in [0.4, 0.5) is 4.79 Å². The number of carbonyl (C=O) groups is 4. The summed E-state index contributed by atoms with van der Waals surface area (Å²) in [6, 6.07) is 14.7. The van der Waals surface area contributed by atoms with Crippen molar-refractivity contribution in [1.82, 2.24) is 16.0 Å². The number of fused-ring (bicyclic) bond motifs is 3. The van der Waals surface area contributed by atoms with Crippen molar-refractivity contribution in [3.05, 3.63) is 85.0 Å². The molecule has 282 valence electrons. The van der Waals surface area contributed by atoms with Crippen LogP contribution in [0.15, 0.2) is 73.8 Å². The fourth-order valence-corrected chi connectivity index (χ4v) is 7.12. The lowest BCUT2D eigenvalue weighted by Crippen LogP contribution is -2.46. The van der Waals surface area contributed by atoms with Crippen LogP contribution in [0.1, 0.15) is 81.3 Å². The summed E-state index contributed by atoms with van der Waals surface area (Å²) in [5, 5.41) is 17.3. The van der Waals surface area contributed by atoms with E-state index < -0.39 is 30.1 Å². The zero-order chi connectivity index (χ0) is 37.1. The predicted octanol–water partition coefficient (Wildman–Crippen LogP) is 5.57. The Morgan fingerprint density at radius 1 is 0.885 bits per heavy atom. The number of ether oxygens (including phenoxy) is 3. The van der Waals surface area contributed by atoms with E-state index in [1.54, 1.807) is 12.2 Å². The maximum Gasteiger partial charge on any atom is 0.407 e. The maximum atomic E-state index is 13.5. The van der Waals surface area contributed by atoms with Crippen molar-refractivity contribution >= 4 is 23.9 Å². The SMILES string of the molecule is C=CCC[C@H](NC(=O)OCC1c2ccccc2-c2ccccc21)C(=O)OC[C@H](CC1CCCCC1)NC(=O)[C@H](CC=C)CC(=O)NCCOCCO. The molecule has 2 aliphatic rings. The first-order valence-corrected chi connectivity index (χ1v) is 18.6. The number of amides is 3. The van der Waals surface area contributed by atoms with Crippen LogP contribution in [-0.2, 0) is 28.6 Å². The van der Waals surface area contributed by atoms with Crippen LogP contribution in [0.25, 0.3) is 11.1 Å². The van der Waals surface area contributed by atoms with Gasteiger partial charge in [-0.3, -0.25) is 9.59 Å². The summed E-state index contributed by atoms with van der Waals surface area (Å²) < 4.78 is 16.7. The van der Waals surface area contributed by atoms with Gasteiger partial charge in [-0.25, -0.2) is 9.59 Å². The van der Waals surface area contributed by atoms with Crippen LogP contribution < -0.4 is 16.0 Å². The third-order valence-corrected chi connectivity index (χ3v) is 9.75. The van der Waals surface area contributed by atoms with Crippen molar-refractivity contribution in [2.24, 2.45) is 11.8 Å². The summed E-state index contributed by atoms with van der Waals surface area (Å²) in [4.78, 5) is 52.7. The second kappa shape index (κ2) is 21.8. The Kier molecular flexibility index (Phi) is 16.9. The van der Waals surface area contributed by atoms with Crippen molar-refractivity contribution < 1.29 is 38.5 Å². The summed E-state index contributed by atoms with van der Waals surface area (Å²) in [6.45, 7) is 8.16. The van der Waals surface area contributed by atoms with E-state index in [-0.39, 0.29) is 70.2 Å². The van der Waals surface area contributed by atoms with Crippen LogP contribution in [0.3, 0.4) is 0 Å². The van der Waals surface area contributed by atoms with Crippen molar-refractivity contribution in [3.8, 4) is 11.1 Å². The van der Waals surface area contributed by atoms with Gasteiger partial charge in [-0.1, -0.05) is 92.8 Å². The van der Waals surface area contributed by atoms with E-state index in [1.807, 2.05) is 36.4 Å². The first kappa shape index (κ1) is 40.3. The molecule has 0 saturated heterocycles. The largest absolute Gasteiger partial charge is 0.462 e. The van der Waals surface area contributed by atoms with Gasteiger partial charge in [-0.05, 0) is 53.9 Å². The van der Waals surface area contributed by atoms with Crippen LogP contribution in [-0.4, -0.2) is 80.6 Å². The van der Waals surface area contributed by atoms with Gasteiger partial charge in [0.15, 0.2) is 0 Å². The van der Waals surface area contributed by atoms with E-state index in [9.17, 15) is 19.2 Å². The number of alkyl carbamates (subject to hydrolysis) is 1. The van der Waals surface area contributed by atoms with Gasteiger partial charge in [0.25, 0.3) is 0 Å². The molecule has 0 spiro atoms. The van der Waals surface area contributed by atoms with Crippen molar-refractivity contribution in [1.29, 1.82) is 0 Å². The summed E-state index contributed by atoms with van der Waals surface area (Å²) in [6.07, 6.45) is 9.64. The van der Waals surface area contributed by atoms with Gasteiger partial charge in [-0.2, -0.15) is 0 Å². The lowest BCUT2D eigenvalue weighted by atomic mass is 9.84. The van der Waals surface area contributed by atoms with Gasteiger partial charge in [0.2, 0.25) is 11.8 Å². The number of aliphatic hydroxyl groups is 1. The Bertz CT molecular complexity index is 1440. The molecule has 3 amide bonds. The van der Waals surface area contributed by atoms with Gasteiger partial charge in [0.05, 0.1) is 31.8 Å². The average molecular weight is 718 g/mol. The first-order chi connectivity index (χ1) is 25.3. The molecule has 3 atom stereocenters. The van der Waals surface area contributed by atoms with E-state index in [1.165, 1.54) is 6.42 Å². The smallest absolute Gasteiger partial charge is 0.407 e. The first-order valence-electron chi connectivity index (χ1n) is 18.6. The van der Waals surface area contributed by atoms with E-state index >= 15 is 0 Å². The molecule has 2 aromatic carbocycles. The minimum atomic E-state index is -0.974. The molecule has 1 saturated carbocycles. The van der Waals surface area contributed by atoms with Gasteiger partial charge >= 0.3 is 12.1 Å². The topological polar surface area (TPSA) is 152 Å². The van der Waals surface area contributed by atoms with Crippen LogP contribution >= 0.6 is 0 Å². The summed E-state index contributed by atoms with van der Waals surface area (Å²) in [7, 11) is 0. The molecule has 0 bridgehead atoms. The number of hydrogen-bond donors (Lipinski definition) is 4. The number of esters is 1. The number of aliphatic hydroxyl groups excluding tert-OH is 1. The van der Waals surface area contributed by atoms with Crippen LogP contribution in [0.2, 0.25) is 0 Å². The summed E-state index contributed by atoms with van der Waals surface area (Å²) in [5.41, 5.74) is 4.41. The lowest BCUT2D eigenvalue weighted by molar-refractivity contribution is -0.148. The quantitative estimate of drug-likeness (QED) is 0.0702. The van der Waals surface area contributed by atoms with E-state index in [0.29, 0.717) is 25.2 Å². The van der Waals surface area contributed by atoms with E-state index in [4.69, 9.17) is 19.3 Å². The second-order valence-electron chi connectivity index (χ2n) is 13.6. The highest BCUT2D eigenvalue weighted by Crippen LogP contribution is 2.44. The Morgan fingerprint density at radius 3 is 2.23 bits per heavy atom. The number of hydrogen-bond acceptors (Lipinski definition) is 8. The molecular formula is C41H55N3O8. The minimum absolute atomic E-state index is 0.0402. The molecule has 4 N–H and O–H groups in total. The number of nitrogens with one attached hydrogen (secondary N) is 3. The number of allylic oxidation sites excluding steroid dienone is 2. The van der Waals surface area contributed by atoms with Gasteiger partial charge < -0.3 is 35.3 Å². The van der Waals surface area contributed by atoms with Gasteiger partial charge in [0, 0.05) is 18.9 Å². The fraction of sp³-hybridized carbons (Fsp3) is 0.512. The molecule has 0 radical (unpaired) electrons. The zero-order valence-corrected chi connectivity index (χ0v) is 30.2. The Labute approximate surface area is 307 Å². The fourth-order valence-electron chi connectivity index (χ4n) is 7.12. The maximum absolute atomic E-state index is 13.5. The molecule has 52 heavy (non-hydrogen) atoms. The normalized spacial score (nSPS) is 15.6. The van der Waals surface area contributed by atoms with E-state index in [0.717, 1.165) is 47.9 Å². The Balaban J connectivity index is 1.35. The van der Waals surface area contributed by atoms with Crippen molar-refractivity contribution in [3.63, 3.8) is 0 Å². The highest BCUT2D eigenvalue weighted by atomic mass is 16.6. The van der Waals surface area contributed by atoms with Crippen molar-refractivity contribution in [2.75, 3.05) is 39.6 Å². The molecule has 0 unspecified atom stereocenters. The van der Waals surface area contributed by atoms with Crippen molar-refractivity contribution in [2.45, 2.75) is 82.2 Å².